The van der Waals surface area contributed by atoms with Gasteiger partial charge in [-0.3, -0.25) is 5.10 Å². The van der Waals surface area contributed by atoms with E-state index < -0.39 is 6.10 Å². The lowest BCUT2D eigenvalue weighted by atomic mass is 9.68. The normalized spacial score (nSPS) is 17.3. The summed E-state index contributed by atoms with van der Waals surface area (Å²) in [6.45, 7) is 9.98. The Labute approximate surface area is 159 Å². The molecule has 1 aliphatic heterocycles. The first-order valence-corrected chi connectivity index (χ1v) is 9.32. The van der Waals surface area contributed by atoms with Crippen molar-refractivity contribution in [2.24, 2.45) is 11.3 Å². The predicted octanol–water partition coefficient (Wildman–Crippen LogP) is 4.42. The molecule has 0 unspecified atom stereocenters. The first-order chi connectivity index (χ1) is 12.3. The molecule has 0 bridgehead atoms. The average Bonchev–Trinajstić information content (AvgIpc) is 3.09. The van der Waals surface area contributed by atoms with E-state index in [1.807, 2.05) is 12.1 Å². The van der Waals surface area contributed by atoms with E-state index in [1.165, 1.54) is 0 Å². The molecule has 1 aromatic heterocycles. The van der Waals surface area contributed by atoms with E-state index in [4.69, 9.17) is 16.9 Å². The topological polar surface area (TPSA) is 75.9 Å². The summed E-state index contributed by atoms with van der Waals surface area (Å²) in [7, 11) is 0. The molecule has 0 radical (unpaired) electrons. The van der Waals surface area contributed by atoms with Gasteiger partial charge in [0.1, 0.15) is 0 Å². The maximum atomic E-state index is 11.2. The van der Waals surface area contributed by atoms with Crippen LogP contribution in [0.25, 0.3) is 10.9 Å². The number of nitrogens with zero attached hydrogens (tertiary/aromatic N) is 3. The van der Waals surface area contributed by atoms with Crippen molar-refractivity contribution in [3.63, 3.8) is 0 Å². The fourth-order valence-corrected chi connectivity index (χ4v) is 4.26. The van der Waals surface area contributed by atoms with Crippen molar-refractivity contribution < 1.29 is 5.11 Å². The molecule has 1 aliphatic rings. The van der Waals surface area contributed by atoms with Crippen molar-refractivity contribution in [3.8, 4) is 6.07 Å². The lowest BCUT2D eigenvalue weighted by Gasteiger charge is -2.44. The van der Waals surface area contributed by atoms with Crippen LogP contribution in [-0.4, -0.2) is 33.3 Å². The Kier molecular flexibility index (Phi) is 5.27. The highest BCUT2D eigenvalue weighted by molar-refractivity contribution is 6.31. The summed E-state index contributed by atoms with van der Waals surface area (Å²) in [4.78, 5) is 2.19. The summed E-state index contributed by atoms with van der Waals surface area (Å²) in [5, 5.41) is 28.7. The lowest BCUT2D eigenvalue weighted by molar-refractivity contribution is -0.0151. The third-order valence-electron chi connectivity index (χ3n) is 5.82. The van der Waals surface area contributed by atoms with Crippen molar-refractivity contribution in [1.29, 1.82) is 5.26 Å². The molecule has 1 saturated heterocycles. The molecule has 0 amide bonds. The quantitative estimate of drug-likeness (QED) is 0.814. The number of benzene rings is 1. The number of fused-ring (bicyclic) bond motifs is 1. The van der Waals surface area contributed by atoms with E-state index in [0.717, 1.165) is 48.1 Å². The maximum absolute atomic E-state index is 11.2. The van der Waals surface area contributed by atoms with Crippen LogP contribution in [0.5, 0.6) is 0 Å². The SMILES string of the molecule is C=C(CC#N)N1CCC(C(C)(C)[C@H](O)c2cc(Cl)cc3cn[nH]c23)CC1. The van der Waals surface area contributed by atoms with E-state index >= 15 is 0 Å². The molecule has 1 atom stereocenters. The van der Waals surface area contributed by atoms with Crippen molar-refractivity contribution in [1.82, 2.24) is 15.1 Å². The number of nitrogens with one attached hydrogen (secondary N) is 1. The molecular weight excluding hydrogens is 348 g/mol. The number of aliphatic hydroxyl groups excluding tert-OH is 1. The zero-order valence-corrected chi connectivity index (χ0v) is 16.1. The summed E-state index contributed by atoms with van der Waals surface area (Å²) in [5.74, 6) is 0.362. The number of aromatic nitrogens is 2. The van der Waals surface area contributed by atoms with E-state index in [-0.39, 0.29) is 5.41 Å². The second-order valence-corrected chi connectivity index (χ2v) is 8.15. The highest BCUT2D eigenvalue weighted by Gasteiger charge is 2.39. The van der Waals surface area contributed by atoms with Crippen molar-refractivity contribution in [2.75, 3.05) is 13.1 Å². The van der Waals surface area contributed by atoms with Crippen LogP contribution in [0.3, 0.4) is 0 Å². The molecule has 0 spiro atoms. The van der Waals surface area contributed by atoms with Gasteiger partial charge in [0.2, 0.25) is 0 Å². The zero-order valence-electron chi connectivity index (χ0n) is 15.3. The van der Waals surface area contributed by atoms with Gasteiger partial charge in [-0.15, -0.1) is 0 Å². The summed E-state index contributed by atoms with van der Waals surface area (Å²) >= 11 is 6.25. The van der Waals surface area contributed by atoms with Gasteiger partial charge in [0.05, 0.1) is 30.3 Å². The number of hydrogen-bond acceptors (Lipinski definition) is 4. The van der Waals surface area contributed by atoms with Gasteiger partial charge in [-0.25, -0.2) is 0 Å². The molecule has 0 aliphatic carbocycles. The van der Waals surface area contributed by atoms with Crippen molar-refractivity contribution in [2.45, 2.75) is 39.2 Å². The molecule has 138 valence electrons. The van der Waals surface area contributed by atoms with Crippen LogP contribution in [0.4, 0.5) is 0 Å². The third kappa shape index (κ3) is 3.44. The number of hydrogen-bond donors (Lipinski definition) is 2. The molecule has 5 nitrogen and oxygen atoms in total. The van der Waals surface area contributed by atoms with E-state index in [2.05, 4.69) is 41.6 Å². The zero-order chi connectivity index (χ0) is 18.9. The summed E-state index contributed by atoms with van der Waals surface area (Å²) < 4.78 is 0. The molecule has 1 fully saturated rings. The number of aromatic amines is 1. The second kappa shape index (κ2) is 7.30. The molecule has 26 heavy (non-hydrogen) atoms. The van der Waals surface area contributed by atoms with E-state index in [0.29, 0.717) is 17.4 Å². The van der Waals surface area contributed by atoms with Crippen LogP contribution in [0.1, 0.15) is 44.8 Å². The number of nitriles is 1. The minimum Gasteiger partial charge on any atom is -0.388 e. The number of halogens is 1. The third-order valence-corrected chi connectivity index (χ3v) is 6.04. The van der Waals surface area contributed by atoms with Crippen LogP contribution in [0.15, 0.2) is 30.6 Å². The Morgan fingerprint density at radius 1 is 1.50 bits per heavy atom. The smallest absolute Gasteiger partial charge is 0.0864 e. The molecule has 2 aromatic rings. The summed E-state index contributed by atoms with van der Waals surface area (Å²) in [5.41, 5.74) is 2.21. The minimum atomic E-state index is -0.650. The molecule has 0 saturated carbocycles. The number of H-pyrrole nitrogens is 1. The van der Waals surface area contributed by atoms with Gasteiger partial charge in [0, 0.05) is 34.8 Å². The average molecular weight is 373 g/mol. The Morgan fingerprint density at radius 2 is 2.19 bits per heavy atom. The van der Waals surface area contributed by atoms with E-state index in [9.17, 15) is 5.11 Å². The first-order valence-electron chi connectivity index (χ1n) is 8.95. The Bertz CT molecular complexity index is 843. The Hall–Kier alpha value is -2.03. The van der Waals surface area contributed by atoms with Gasteiger partial charge in [-0.2, -0.15) is 10.4 Å². The number of rotatable bonds is 5. The van der Waals surface area contributed by atoms with Crippen LogP contribution in [0.2, 0.25) is 5.02 Å². The number of piperidine rings is 1. The highest BCUT2D eigenvalue weighted by atomic mass is 35.5. The van der Waals surface area contributed by atoms with Gasteiger partial charge in [-0.05, 0) is 36.3 Å². The highest BCUT2D eigenvalue weighted by Crippen LogP contribution is 2.46. The largest absolute Gasteiger partial charge is 0.388 e. The van der Waals surface area contributed by atoms with Crippen LogP contribution >= 0.6 is 11.6 Å². The van der Waals surface area contributed by atoms with Gasteiger partial charge in [-0.1, -0.05) is 32.0 Å². The van der Waals surface area contributed by atoms with Gasteiger partial charge in [0.15, 0.2) is 0 Å². The molecular formula is C20H25ClN4O. The monoisotopic (exact) mass is 372 g/mol. The summed E-state index contributed by atoms with van der Waals surface area (Å²) in [6.07, 6.45) is 3.37. The van der Waals surface area contributed by atoms with Gasteiger partial charge < -0.3 is 10.0 Å². The number of likely N-dealkylation sites (tertiary alicyclic amines) is 1. The Balaban J connectivity index is 1.79. The van der Waals surface area contributed by atoms with Crippen LogP contribution < -0.4 is 0 Å². The fraction of sp³-hybridized carbons (Fsp3) is 0.500. The molecule has 1 aromatic carbocycles. The van der Waals surface area contributed by atoms with Crippen LogP contribution in [-0.2, 0) is 0 Å². The molecule has 2 heterocycles. The molecule has 6 heteroatoms. The van der Waals surface area contributed by atoms with Gasteiger partial charge >= 0.3 is 0 Å². The summed E-state index contributed by atoms with van der Waals surface area (Å²) in [6, 6.07) is 5.84. The predicted molar refractivity (Wildman–Crippen MR) is 104 cm³/mol. The van der Waals surface area contributed by atoms with Crippen molar-refractivity contribution in [3.05, 3.63) is 41.2 Å². The number of allylic oxidation sites excluding steroid dienone is 1. The molecule has 3 rings (SSSR count). The first kappa shape index (κ1) is 18.8. The second-order valence-electron chi connectivity index (χ2n) is 7.72. The fourth-order valence-electron chi connectivity index (χ4n) is 4.03. The lowest BCUT2D eigenvalue weighted by Crippen LogP contribution is -2.40. The van der Waals surface area contributed by atoms with Gasteiger partial charge in [0.25, 0.3) is 0 Å². The maximum Gasteiger partial charge on any atom is 0.0864 e. The van der Waals surface area contributed by atoms with Crippen LogP contribution in [0, 0.1) is 22.7 Å². The number of aliphatic hydroxyl groups is 1. The minimum absolute atomic E-state index is 0.314. The van der Waals surface area contributed by atoms with E-state index in [1.54, 1.807) is 6.20 Å². The molecule has 2 N–H and O–H groups in total. The Morgan fingerprint density at radius 3 is 2.85 bits per heavy atom. The standard InChI is InChI=1S/C20H25ClN4O/c1-13(4-7-22)25-8-5-15(6-9-25)20(2,3)19(26)17-11-16(21)10-14-12-23-24-18(14)17/h10-12,15,19,26H,1,4-6,8-9H2,2-3H3,(H,23,24)/t19-/m1/s1. The van der Waals surface area contributed by atoms with Crippen molar-refractivity contribution >= 4 is 22.5 Å².